The first-order valence-electron chi connectivity index (χ1n) is 5.49. The number of rotatable bonds is 2. The molecule has 1 atom stereocenters. The van der Waals surface area contributed by atoms with E-state index in [1.54, 1.807) is 11.0 Å². The Balaban J connectivity index is 2.24. The van der Waals surface area contributed by atoms with Crippen molar-refractivity contribution in [2.45, 2.75) is 18.9 Å². The Morgan fingerprint density at radius 1 is 1.53 bits per heavy atom. The summed E-state index contributed by atoms with van der Waals surface area (Å²) in [5.74, 6) is -0.663. The van der Waals surface area contributed by atoms with Crippen molar-refractivity contribution in [3.05, 3.63) is 34.1 Å². The molecule has 92 valence electrons. The summed E-state index contributed by atoms with van der Waals surface area (Å²) < 4.78 is 13.7. The minimum Gasteiger partial charge on any atom is -0.394 e. The van der Waals surface area contributed by atoms with Crippen molar-refractivity contribution < 1.29 is 14.3 Å². The maximum atomic E-state index is 13.2. The highest BCUT2D eigenvalue weighted by Gasteiger charge is 2.28. The number of hydrogen-bond donors (Lipinski definition) is 1. The van der Waals surface area contributed by atoms with Gasteiger partial charge in [0, 0.05) is 16.6 Å². The van der Waals surface area contributed by atoms with Crippen LogP contribution in [0.4, 0.5) is 4.39 Å². The first kappa shape index (κ1) is 12.5. The van der Waals surface area contributed by atoms with E-state index in [2.05, 4.69) is 15.9 Å². The summed E-state index contributed by atoms with van der Waals surface area (Å²) in [6.45, 7) is 0.584. The SMILES string of the molecule is O=C(c1cc(F)cc(Br)c1)N1CCCC1CO. The van der Waals surface area contributed by atoms with Crippen LogP contribution >= 0.6 is 15.9 Å². The summed E-state index contributed by atoms with van der Waals surface area (Å²) >= 11 is 3.16. The van der Waals surface area contributed by atoms with E-state index < -0.39 is 5.82 Å². The summed E-state index contributed by atoms with van der Waals surface area (Å²) in [7, 11) is 0. The maximum Gasteiger partial charge on any atom is 0.254 e. The molecule has 1 amide bonds. The van der Waals surface area contributed by atoms with Crippen LogP contribution in [-0.4, -0.2) is 35.1 Å². The third kappa shape index (κ3) is 2.66. The molecule has 0 saturated carbocycles. The van der Waals surface area contributed by atoms with E-state index in [0.29, 0.717) is 16.6 Å². The Morgan fingerprint density at radius 3 is 2.94 bits per heavy atom. The predicted molar refractivity (Wildman–Crippen MR) is 65.2 cm³/mol. The van der Waals surface area contributed by atoms with Gasteiger partial charge in [-0.1, -0.05) is 15.9 Å². The summed E-state index contributed by atoms with van der Waals surface area (Å²) in [6.07, 6.45) is 1.69. The summed E-state index contributed by atoms with van der Waals surface area (Å²) in [5.41, 5.74) is 0.317. The lowest BCUT2D eigenvalue weighted by Crippen LogP contribution is -2.37. The number of hydrogen-bond acceptors (Lipinski definition) is 2. The first-order chi connectivity index (χ1) is 8.11. The third-order valence-electron chi connectivity index (χ3n) is 2.96. The van der Waals surface area contributed by atoms with Crippen LogP contribution in [0.5, 0.6) is 0 Å². The molecule has 5 heteroatoms. The fraction of sp³-hybridized carbons (Fsp3) is 0.417. The van der Waals surface area contributed by atoms with Crippen molar-refractivity contribution in [3.8, 4) is 0 Å². The lowest BCUT2D eigenvalue weighted by molar-refractivity contribution is 0.0677. The molecule has 0 bridgehead atoms. The zero-order chi connectivity index (χ0) is 12.4. The van der Waals surface area contributed by atoms with Gasteiger partial charge in [-0.25, -0.2) is 4.39 Å². The molecule has 1 aliphatic rings. The van der Waals surface area contributed by atoms with Crippen LogP contribution in [0.1, 0.15) is 23.2 Å². The topological polar surface area (TPSA) is 40.5 Å². The van der Waals surface area contributed by atoms with Crippen LogP contribution in [0.15, 0.2) is 22.7 Å². The molecule has 0 aliphatic carbocycles. The fourth-order valence-electron chi connectivity index (χ4n) is 2.14. The zero-order valence-corrected chi connectivity index (χ0v) is 10.8. The van der Waals surface area contributed by atoms with Crippen molar-refractivity contribution in [2.75, 3.05) is 13.2 Å². The second-order valence-corrected chi connectivity index (χ2v) is 5.05. The quantitative estimate of drug-likeness (QED) is 0.910. The Kier molecular flexibility index (Phi) is 3.79. The van der Waals surface area contributed by atoms with Gasteiger partial charge in [0.25, 0.3) is 5.91 Å². The molecule has 0 spiro atoms. The van der Waals surface area contributed by atoms with Gasteiger partial charge in [-0.05, 0) is 31.0 Å². The maximum absolute atomic E-state index is 13.2. The monoisotopic (exact) mass is 301 g/mol. The first-order valence-corrected chi connectivity index (χ1v) is 6.29. The highest BCUT2D eigenvalue weighted by Crippen LogP contribution is 2.22. The van der Waals surface area contributed by atoms with Crippen LogP contribution in [0.3, 0.4) is 0 Å². The lowest BCUT2D eigenvalue weighted by atomic mass is 10.1. The molecule has 2 rings (SSSR count). The molecule has 1 fully saturated rings. The molecule has 1 saturated heterocycles. The number of nitrogens with zero attached hydrogens (tertiary/aromatic N) is 1. The Labute approximate surface area is 107 Å². The normalized spacial score (nSPS) is 19.7. The van der Waals surface area contributed by atoms with Gasteiger partial charge in [0.1, 0.15) is 5.82 Å². The molecular formula is C12H13BrFNO2. The molecular weight excluding hydrogens is 289 g/mol. The number of aliphatic hydroxyl groups excluding tert-OH is 1. The van der Waals surface area contributed by atoms with Crippen LogP contribution in [0.25, 0.3) is 0 Å². The van der Waals surface area contributed by atoms with Gasteiger partial charge in [0.2, 0.25) is 0 Å². The molecule has 1 aliphatic heterocycles. The Hall–Kier alpha value is -0.940. The van der Waals surface area contributed by atoms with Crippen LogP contribution in [0, 0.1) is 5.82 Å². The number of benzene rings is 1. The van der Waals surface area contributed by atoms with Gasteiger partial charge in [-0.15, -0.1) is 0 Å². The van der Waals surface area contributed by atoms with Crippen molar-refractivity contribution in [2.24, 2.45) is 0 Å². The Morgan fingerprint density at radius 2 is 2.29 bits per heavy atom. The summed E-state index contributed by atoms with van der Waals surface area (Å²) in [6, 6.07) is 3.99. The van der Waals surface area contributed by atoms with Gasteiger partial charge in [0.15, 0.2) is 0 Å². The molecule has 1 unspecified atom stereocenters. The van der Waals surface area contributed by atoms with E-state index in [0.717, 1.165) is 12.8 Å². The van der Waals surface area contributed by atoms with Crippen LogP contribution in [-0.2, 0) is 0 Å². The second kappa shape index (κ2) is 5.14. The van der Waals surface area contributed by atoms with Crippen molar-refractivity contribution in [1.29, 1.82) is 0 Å². The number of halogens is 2. The van der Waals surface area contributed by atoms with E-state index >= 15 is 0 Å². The van der Waals surface area contributed by atoms with Gasteiger partial charge >= 0.3 is 0 Å². The van der Waals surface area contributed by atoms with Gasteiger partial charge in [-0.2, -0.15) is 0 Å². The largest absolute Gasteiger partial charge is 0.394 e. The molecule has 1 N–H and O–H groups in total. The Bertz CT molecular complexity index is 418. The number of amides is 1. The predicted octanol–water partition coefficient (Wildman–Crippen LogP) is 2.19. The molecule has 3 nitrogen and oxygen atoms in total. The third-order valence-corrected chi connectivity index (χ3v) is 3.42. The van der Waals surface area contributed by atoms with Gasteiger partial charge < -0.3 is 10.0 Å². The average Bonchev–Trinajstić information content (AvgIpc) is 2.74. The van der Waals surface area contributed by atoms with E-state index in [1.165, 1.54) is 12.1 Å². The molecule has 1 aromatic rings. The number of likely N-dealkylation sites (tertiary alicyclic amines) is 1. The molecule has 1 heterocycles. The highest BCUT2D eigenvalue weighted by molar-refractivity contribution is 9.10. The van der Waals surface area contributed by atoms with Crippen molar-refractivity contribution >= 4 is 21.8 Å². The van der Waals surface area contributed by atoms with E-state index in [9.17, 15) is 9.18 Å². The number of carbonyl (C=O) groups excluding carboxylic acids is 1. The molecule has 0 aromatic heterocycles. The van der Waals surface area contributed by atoms with E-state index in [4.69, 9.17) is 5.11 Å². The molecule has 0 radical (unpaired) electrons. The van der Waals surface area contributed by atoms with Gasteiger partial charge in [0.05, 0.1) is 12.6 Å². The molecule has 1 aromatic carbocycles. The van der Waals surface area contributed by atoms with E-state index in [1.807, 2.05) is 0 Å². The van der Waals surface area contributed by atoms with Crippen LogP contribution < -0.4 is 0 Å². The smallest absolute Gasteiger partial charge is 0.254 e. The molecule has 17 heavy (non-hydrogen) atoms. The average molecular weight is 302 g/mol. The minimum atomic E-state index is -0.442. The number of carbonyl (C=O) groups is 1. The van der Waals surface area contributed by atoms with Crippen LogP contribution in [0.2, 0.25) is 0 Å². The van der Waals surface area contributed by atoms with Crippen molar-refractivity contribution in [1.82, 2.24) is 4.90 Å². The highest BCUT2D eigenvalue weighted by atomic mass is 79.9. The standard InChI is InChI=1S/C12H13BrFNO2/c13-9-4-8(5-10(14)6-9)12(17)15-3-1-2-11(15)7-16/h4-6,11,16H,1-3,7H2. The van der Waals surface area contributed by atoms with E-state index in [-0.39, 0.29) is 18.6 Å². The van der Waals surface area contributed by atoms with Gasteiger partial charge in [-0.3, -0.25) is 4.79 Å². The minimum absolute atomic E-state index is 0.0395. The zero-order valence-electron chi connectivity index (χ0n) is 9.20. The summed E-state index contributed by atoms with van der Waals surface area (Å²) in [4.78, 5) is 13.8. The summed E-state index contributed by atoms with van der Waals surface area (Å²) in [5, 5.41) is 9.16. The lowest BCUT2D eigenvalue weighted by Gasteiger charge is -2.23. The van der Waals surface area contributed by atoms with Crippen molar-refractivity contribution in [3.63, 3.8) is 0 Å². The second-order valence-electron chi connectivity index (χ2n) is 4.14. The fourth-order valence-corrected chi connectivity index (χ4v) is 2.60. The number of aliphatic hydroxyl groups is 1.